The van der Waals surface area contributed by atoms with Crippen LogP contribution in [-0.2, 0) is 38.4 Å². The van der Waals surface area contributed by atoms with Crippen LogP contribution in [0.15, 0.2) is 53.4 Å². The molecule has 0 unspecified atom stereocenters. The minimum Gasteiger partial charge on any atom is -0.379 e. The second kappa shape index (κ2) is 9.72. The van der Waals surface area contributed by atoms with Crippen molar-refractivity contribution in [2.45, 2.75) is 42.4 Å². The fourth-order valence-corrected chi connectivity index (χ4v) is 6.52. The summed E-state index contributed by atoms with van der Waals surface area (Å²) in [5.41, 5.74) is 2.82. The summed E-state index contributed by atoms with van der Waals surface area (Å²) < 4.78 is 34.7. The molecule has 8 nitrogen and oxygen atoms in total. The minimum absolute atomic E-state index is 0.00912. The quantitative estimate of drug-likeness (QED) is 0.518. The highest BCUT2D eigenvalue weighted by molar-refractivity contribution is 7.89. The van der Waals surface area contributed by atoms with Gasteiger partial charge in [0, 0.05) is 44.9 Å². The van der Waals surface area contributed by atoms with E-state index in [0.29, 0.717) is 51.2 Å². The van der Waals surface area contributed by atoms with E-state index >= 15 is 0 Å². The van der Waals surface area contributed by atoms with E-state index in [4.69, 9.17) is 4.74 Å². The molecular formula is C26H32N4O4S. The Kier molecular flexibility index (Phi) is 6.65. The Hall–Kier alpha value is -2.75. The number of nitrogens with one attached hydrogen (secondary N) is 1. The van der Waals surface area contributed by atoms with Gasteiger partial charge >= 0.3 is 0 Å². The molecule has 2 aliphatic rings. The molecule has 2 heterocycles. The number of aryl methyl sites for hydroxylation is 2. The van der Waals surface area contributed by atoms with Crippen LogP contribution in [0.2, 0.25) is 0 Å². The zero-order valence-corrected chi connectivity index (χ0v) is 20.9. The van der Waals surface area contributed by atoms with E-state index in [1.807, 2.05) is 17.7 Å². The van der Waals surface area contributed by atoms with Crippen LogP contribution in [0.4, 0.5) is 0 Å². The largest absolute Gasteiger partial charge is 0.379 e. The lowest BCUT2D eigenvalue weighted by Gasteiger charge is -2.42. The molecule has 1 saturated heterocycles. The number of morpholine rings is 1. The van der Waals surface area contributed by atoms with Gasteiger partial charge < -0.3 is 14.6 Å². The number of hydrogen-bond donors (Lipinski definition) is 1. The van der Waals surface area contributed by atoms with Crippen molar-refractivity contribution < 1.29 is 17.9 Å². The molecular weight excluding hydrogens is 464 g/mol. The van der Waals surface area contributed by atoms with Crippen molar-refractivity contribution in [2.75, 3.05) is 32.8 Å². The molecule has 0 atom stereocenters. The lowest BCUT2D eigenvalue weighted by molar-refractivity contribution is -0.121. The first-order valence-electron chi connectivity index (χ1n) is 12.2. The maximum absolute atomic E-state index is 13.0. The minimum atomic E-state index is -3.58. The molecule has 2 aromatic carbocycles. The second-order valence-corrected chi connectivity index (χ2v) is 11.5. The second-order valence-electron chi connectivity index (χ2n) is 9.53. The van der Waals surface area contributed by atoms with Gasteiger partial charge in [-0.15, -0.1) is 0 Å². The van der Waals surface area contributed by atoms with Crippen LogP contribution in [0.5, 0.6) is 0 Å². The highest BCUT2D eigenvalue weighted by Gasteiger charge is 2.38. The number of hydrogen-bond acceptors (Lipinski definition) is 5. The van der Waals surface area contributed by atoms with E-state index in [1.165, 1.54) is 16.3 Å². The van der Waals surface area contributed by atoms with E-state index in [9.17, 15) is 13.2 Å². The summed E-state index contributed by atoms with van der Waals surface area (Å²) >= 11 is 0. The molecule has 0 radical (unpaired) electrons. The normalized spacial score (nSPS) is 18.3. The Morgan fingerprint density at radius 3 is 2.54 bits per heavy atom. The molecule has 1 N–H and O–H groups in total. The smallest absolute Gasteiger partial charge is 0.243 e. The highest BCUT2D eigenvalue weighted by atomic mass is 32.2. The van der Waals surface area contributed by atoms with Crippen LogP contribution >= 0.6 is 0 Å². The van der Waals surface area contributed by atoms with E-state index in [-0.39, 0.29) is 16.2 Å². The van der Waals surface area contributed by atoms with Gasteiger partial charge in [-0.1, -0.05) is 36.8 Å². The first kappa shape index (κ1) is 24.0. The van der Waals surface area contributed by atoms with Crippen LogP contribution in [-0.4, -0.2) is 61.0 Å². The van der Waals surface area contributed by atoms with E-state index in [0.717, 1.165) is 24.2 Å². The van der Waals surface area contributed by atoms with E-state index in [1.54, 1.807) is 18.2 Å². The maximum Gasteiger partial charge on any atom is 0.243 e. The van der Waals surface area contributed by atoms with Gasteiger partial charge in [0.05, 0.1) is 29.1 Å². The van der Waals surface area contributed by atoms with Crippen LogP contribution < -0.4 is 5.32 Å². The van der Waals surface area contributed by atoms with Gasteiger partial charge in [-0.25, -0.2) is 13.4 Å². The first-order valence-corrected chi connectivity index (χ1v) is 13.7. The monoisotopic (exact) mass is 496 g/mol. The van der Waals surface area contributed by atoms with Gasteiger partial charge in [-0.2, -0.15) is 4.31 Å². The number of imidazole rings is 1. The highest BCUT2D eigenvalue weighted by Crippen LogP contribution is 2.43. The fraction of sp³-hybridized carbons (Fsp3) is 0.462. The summed E-state index contributed by atoms with van der Waals surface area (Å²) in [6.45, 7) is 2.18. The van der Waals surface area contributed by atoms with Crippen molar-refractivity contribution in [3.63, 3.8) is 0 Å². The predicted molar refractivity (Wildman–Crippen MR) is 134 cm³/mol. The number of aromatic nitrogens is 2. The molecule has 1 saturated carbocycles. The summed E-state index contributed by atoms with van der Waals surface area (Å²) in [4.78, 5) is 17.6. The number of benzene rings is 2. The van der Waals surface area contributed by atoms with Gasteiger partial charge in [0.2, 0.25) is 15.9 Å². The average molecular weight is 497 g/mol. The van der Waals surface area contributed by atoms with Gasteiger partial charge in [-0.05, 0) is 36.6 Å². The summed E-state index contributed by atoms with van der Waals surface area (Å²) in [5.74, 6) is 0.771. The molecule has 9 heteroatoms. The number of rotatable bonds is 8. The van der Waals surface area contributed by atoms with Crippen molar-refractivity contribution in [3.8, 4) is 0 Å². The molecule has 0 spiro atoms. The van der Waals surface area contributed by atoms with Crippen molar-refractivity contribution in [2.24, 2.45) is 7.05 Å². The zero-order chi connectivity index (χ0) is 24.5. The number of amides is 1. The summed E-state index contributed by atoms with van der Waals surface area (Å²) in [6, 6.07) is 15.5. The third kappa shape index (κ3) is 4.72. The Bertz CT molecular complexity index is 1310. The van der Waals surface area contributed by atoms with Gasteiger partial charge in [0.25, 0.3) is 0 Å². The number of nitrogens with zero attached hydrogens (tertiary/aromatic N) is 3. The predicted octanol–water partition coefficient (Wildman–Crippen LogP) is 2.76. The van der Waals surface area contributed by atoms with Gasteiger partial charge in [0.1, 0.15) is 5.82 Å². The Labute approximate surface area is 206 Å². The number of carbonyl (C=O) groups is 1. The number of ether oxygens (including phenoxy) is 1. The van der Waals surface area contributed by atoms with Gasteiger partial charge in [-0.3, -0.25) is 4.79 Å². The maximum atomic E-state index is 13.0. The Morgan fingerprint density at radius 1 is 1.11 bits per heavy atom. The average Bonchev–Trinajstić information content (AvgIpc) is 3.18. The molecule has 1 aliphatic heterocycles. The van der Waals surface area contributed by atoms with Crippen molar-refractivity contribution >= 4 is 27.0 Å². The third-order valence-electron chi connectivity index (χ3n) is 7.45. The molecule has 1 aliphatic carbocycles. The Balaban J connectivity index is 1.24. The van der Waals surface area contributed by atoms with Crippen LogP contribution in [0.1, 0.15) is 37.1 Å². The molecule has 35 heavy (non-hydrogen) atoms. The standard InChI is InChI=1S/C26H32N4O4S/c1-29-23-9-8-21(35(32,33)30-14-16-34-17-15-30)18-22(23)28-24(29)10-11-25(31)27-19-26(12-5-13-26)20-6-3-2-4-7-20/h2-4,6-9,18H,5,10-17,19H2,1H3,(H,27,31). The van der Waals surface area contributed by atoms with Gasteiger partial charge in [0.15, 0.2) is 0 Å². The summed E-state index contributed by atoms with van der Waals surface area (Å²) in [7, 11) is -1.68. The number of fused-ring (bicyclic) bond motifs is 1. The van der Waals surface area contributed by atoms with Crippen LogP contribution in [0.3, 0.4) is 0 Å². The number of sulfonamides is 1. The van der Waals surface area contributed by atoms with Crippen LogP contribution in [0.25, 0.3) is 11.0 Å². The molecule has 3 aromatic rings. The van der Waals surface area contributed by atoms with Crippen molar-refractivity contribution in [1.29, 1.82) is 0 Å². The van der Waals surface area contributed by atoms with E-state index < -0.39 is 10.0 Å². The molecule has 1 amide bonds. The van der Waals surface area contributed by atoms with Crippen LogP contribution in [0, 0.1) is 0 Å². The zero-order valence-electron chi connectivity index (χ0n) is 20.1. The molecule has 2 fully saturated rings. The SMILES string of the molecule is Cn1c(CCC(=O)NCC2(c3ccccc3)CCC2)nc2cc(S(=O)(=O)N3CCOCC3)ccc21. The van der Waals surface area contributed by atoms with Crippen molar-refractivity contribution in [3.05, 3.63) is 59.9 Å². The molecule has 186 valence electrons. The lowest BCUT2D eigenvalue weighted by atomic mass is 9.64. The molecule has 5 rings (SSSR count). The Morgan fingerprint density at radius 2 is 1.86 bits per heavy atom. The topological polar surface area (TPSA) is 93.5 Å². The van der Waals surface area contributed by atoms with E-state index in [2.05, 4.69) is 34.6 Å². The number of carbonyl (C=O) groups excluding carboxylic acids is 1. The summed E-state index contributed by atoms with van der Waals surface area (Å²) in [6.07, 6.45) is 4.20. The molecule has 1 aromatic heterocycles. The van der Waals surface area contributed by atoms with Crippen molar-refractivity contribution in [1.82, 2.24) is 19.2 Å². The third-order valence-corrected chi connectivity index (χ3v) is 9.34. The first-order chi connectivity index (χ1) is 16.9. The fourth-order valence-electron chi connectivity index (χ4n) is 5.09. The summed E-state index contributed by atoms with van der Waals surface area (Å²) in [5, 5.41) is 3.14. The lowest BCUT2D eigenvalue weighted by Crippen LogP contribution is -2.45. The molecule has 0 bridgehead atoms.